The van der Waals surface area contributed by atoms with Crippen molar-refractivity contribution in [3.8, 4) is 5.75 Å². The predicted molar refractivity (Wildman–Crippen MR) is 70.0 cm³/mol. The van der Waals surface area contributed by atoms with Crippen LogP contribution in [0.4, 0.5) is 5.82 Å². The van der Waals surface area contributed by atoms with E-state index in [1.807, 2.05) is 0 Å². The van der Waals surface area contributed by atoms with E-state index in [9.17, 15) is 9.59 Å². The standard InChI is InChI=1S/C12H10N2O4S/c1-18-8-4-5-19-10(8)11(15)14-9-3-2-7(6-13-9)12(16)17/h2-6H,1H3,(H,16,17)(H,13,14,15). The van der Waals surface area contributed by atoms with Crippen LogP contribution in [-0.4, -0.2) is 29.1 Å². The maximum Gasteiger partial charge on any atom is 0.337 e. The third-order valence-corrected chi connectivity index (χ3v) is 3.20. The molecule has 0 aliphatic carbocycles. The second-order valence-corrected chi connectivity index (χ2v) is 4.43. The molecule has 2 aromatic rings. The minimum Gasteiger partial charge on any atom is -0.495 e. The number of amides is 1. The van der Waals surface area contributed by atoms with Gasteiger partial charge in [-0.1, -0.05) is 0 Å². The highest BCUT2D eigenvalue weighted by Gasteiger charge is 2.14. The lowest BCUT2D eigenvalue weighted by Gasteiger charge is -2.04. The van der Waals surface area contributed by atoms with Gasteiger partial charge in [-0.05, 0) is 23.6 Å². The Balaban J connectivity index is 2.13. The molecule has 0 aromatic carbocycles. The third-order valence-electron chi connectivity index (χ3n) is 2.31. The van der Waals surface area contributed by atoms with Gasteiger partial charge in [0.25, 0.3) is 5.91 Å². The Morgan fingerprint density at radius 2 is 2.16 bits per heavy atom. The number of rotatable bonds is 4. The summed E-state index contributed by atoms with van der Waals surface area (Å²) < 4.78 is 5.05. The number of thiophene rings is 1. The maximum absolute atomic E-state index is 11.9. The van der Waals surface area contributed by atoms with Crippen LogP contribution < -0.4 is 10.1 Å². The number of carboxylic acids is 1. The van der Waals surface area contributed by atoms with Gasteiger partial charge >= 0.3 is 5.97 Å². The van der Waals surface area contributed by atoms with E-state index in [2.05, 4.69) is 10.3 Å². The minimum absolute atomic E-state index is 0.0618. The van der Waals surface area contributed by atoms with Gasteiger partial charge in [-0.2, -0.15) is 0 Å². The number of carbonyl (C=O) groups is 2. The van der Waals surface area contributed by atoms with Crippen LogP contribution in [0.15, 0.2) is 29.8 Å². The van der Waals surface area contributed by atoms with E-state index in [-0.39, 0.29) is 17.3 Å². The van der Waals surface area contributed by atoms with Crippen LogP contribution >= 0.6 is 11.3 Å². The predicted octanol–water partition coefficient (Wildman–Crippen LogP) is 2.10. The molecule has 0 atom stereocenters. The van der Waals surface area contributed by atoms with Crippen molar-refractivity contribution in [3.63, 3.8) is 0 Å². The Bertz CT molecular complexity index is 606. The lowest BCUT2D eigenvalue weighted by atomic mass is 10.3. The largest absolute Gasteiger partial charge is 0.495 e. The number of nitrogens with zero attached hydrogens (tertiary/aromatic N) is 1. The van der Waals surface area contributed by atoms with Crippen LogP contribution in [0.5, 0.6) is 5.75 Å². The van der Waals surface area contributed by atoms with Crippen molar-refractivity contribution >= 4 is 29.0 Å². The first-order chi connectivity index (χ1) is 9.11. The first-order valence-electron chi connectivity index (χ1n) is 5.24. The van der Waals surface area contributed by atoms with Gasteiger partial charge in [0, 0.05) is 6.20 Å². The SMILES string of the molecule is COc1ccsc1C(=O)Nc1ccc(C(=O)O)cn1. The van der Waals surface area contributed by atoms with Crippen LogP contribution in [0.3, 0.4) is 0 Å². The number of aromatic nitrogens is 1. The Morgan fingerprint density at radius 1 is 1.37 bits per heavy atom. The molecule has 19 heavy (non-hydrogen) atoms. The van der Waals surface area contributed by atoms with Crippen molar-refractivity contribution in [2.45, 2.75) is 0 Å². The highest BCUT2D eigenvalue weighted by Crippen LogP contribution is 2.25. The second-order valence-electron chi connectivity index (χ2n) is 3.51. The zero-order valence-electron chi connectivity index (χ0n) is 9.91. The van der Waals surface area contributed by atoms with Crippen LogP contribution in [0.1, 0.15) is 20.0 Å². The van der Waals surface area contributed by atoms with Crippen LogP contribution in [-0.2, 0) is 0 Å². The minimum atomic E-state index is -1.06. The number of hydrogen-bond donors (Lipinski definition) is 2. The fraction of sp³-hybridized carbons (Fsp3) is 0.0833. The van der Waals surface area contributed by atoms with Crippen molar-refractivity contribution < 1.29 is 19.4 Å². The molecule has 98 valence electrons. The van der Waals surface area contributed by atoms with Gasteiger partial charge in [0.2, 0.25) is 0 Å². The monoisotopic (exact) mass is 278 g/mol. The topological polar surface area (TPSA) is 88.5 Å². The van der Waals surface area contributed by atoms with Gasteiger partial charge < -0.3 is 15.2 Å². The fourth-order valence-electron chi connectivity index (χ4n) is 1.39. The van der Waals surface area contributed by atoms with Gasteiger partial charge in [-0.15, -0.1) is 11.3 Å². The molecular weight excluding hydrogens is 268 g/mol. The molecule has 2 heterocycles. The molecule has 2 aromatic heterocycles. The number of ether oxygens (including phenoxy) is 1. The average molecular weight is 278 g/mol. The van der Waals surface area contributed by atoms with E-state index < -0.39 is 5.97 Å². The highest BCUT2D eigenvalue weighted by atomic mass is 32.1. The zero-order valence-corrected chi connectivity index (χ0v) is 10.7. The summed E-state index contributed by atoms with van der Waals surface area (Å²) in [7, 11) is 1.48. The van der Waals surface area contributed by atoms with Crippen molar-refractivity contribution in [1.82, 2.24) is 4.98 Å². The molecule has 1 amide bonds. The molecule has 0 radical (unpaired) electrons. The molecule has 0 saturated heterocycles. The highest BCUT2D eigenvalue weighted by molar-refractivity contribution is 7.12. The van der Waals surface area contributed by atoms with Crippen molar-refractivity contribution in [1.29, 1.82) is 0 Å². The average Bonchev–Trinajstić information content (AvgIpc) is 2.87. The lowest BCUT2D eigenvalue weighted by Crippen LogP contribution is -2.12. The summed E-state index contributed by atoms with van der Waals surface area (Å²) in [4.78, 5) is 26.9. The zero-order chi connectivity index (χ0) is 13.8. The molecule has 7 heteroatoms. The molecule has 0 fully saturated rings. The molecule has 2 rings (SSSR count). The Kier molecular flexibility index (Phi) is 3.76. The van der Waals surface area contributed by atoms with Crippen molar-refractivity contribution in [2.24, 2.45) is 0 Å². The van der Waals surface area contributed by atoms with E-state index >= 15 is 0 Å². The number of nitrogens with one attached hydrogen (secondary N) is 1. The van der Waals surface area contributed by atoms with Gasteiger partial charge in [0.05, 0.1) is 12.7 Å². The number of aromatic carboxylic acids is 1. The fourth-order valence-corrected chi connectivity index (χ4v) is 2.14. The van der Waals surface area contributed by atoms with E-state index in [1.165, 1.54) is 36.8 Å². The van der Waals surface area contributed by atoms with E-state index in [4.69, 9.17) is 9.84 Å². The molecule has 6 nitrogen and oxygen atoms in total. The molecule has 0 spiro atoms. The van der Waals surface area contributed by atoms with Crippen LogP contribution in [0.25, 0.3) is 0 Å². The Hall–Kier alpha value is -2.41. The summed E-state index contributed by atoms with van der Waals surface area (Å²) in [5.41, 5.74) is 0.0618. The van der Waals surface area contributed by atoms with Crippen molar-refractivity contribution in [2.75, 3.05) is 12.4 Å². The number of carboxylic acid groups (broad SMARTS) is 1. The Labute approximate surface area is 112 Å². The number of hydrogen-bond acceptors (Lipinski definition) is 5. The molecule has 0 unspecified atom stereocenters. The summed E-state index contributed by atoms with van der Waals surface area (Å²) in [6.45, 7) is 0. The number of carbonyl (C=O) groups excluding carboxylic acids is 1. The van der Waals surface area contributed by atoms with Gasteiger partial charge in [-0.3, -0.25) is 4.79 Å². The quantitative estimate of drug-likeness (QED) is 0.894. The number of methoxy groups -OCH3 is 1. The Morgan fingerprint density at radius 3 is 2.74 bits per heavy atom. The number of pyridine rings is 1. The van der Waals surface area contributed by atoms with E-state index in [1.54, 1.807) is 11.4 Å². The molecular formula is C12H10N2O4S. The molecule has 2 N–H and O–H groups in total. The number of anilines is 1. The molecule has 0 bridgehead atoms. The van der Waals surface area contributed by atoms with Gasteiger partial charge in [0.15, 0.2) is 0 Å². The van der Waals surface area contributed by atoms with Crippen LogP contribution in [0.2, 0.25) is 0 Å². The third kappa shape index (κ3) is 2.89. The smallest absolute Gasteiger partial charge is 0.337 e. The summed E-state index contributed by atoms with van der Waals surface area (Å²) in [5, 5.41) is 13.1. The normalized spacial score (nSPS) is 9.95. The first-order valence-corrected chi connectivity index (χ1v) is 6.12. The molecule has 0 aliphatic heterocycles. The van der Waals surface area contributed by atoms with Crippen LogP contribution in [0, 0.1) is 0 Å². The summed E-state index contributed by atoms with van der Waals surface area (Å²) in [6, 6.07) is 4.50. The van der Waals surface area contributed by atoms with Crippen molar-refractivity contribution in [3.05, 3.63) is 40.2 Å². The summed E-state index contributed by atoms with van der Waals surface area (Å²) >= 11 is 1.25. The van der Waals surface area contributed by atoms with E-state index in [0.717, 1.165) is 0 Å². The first kappa shape index (κ1) is 13.0. The maximum atomic E-state index is 11.9. The van der Waals surface area contributed by atoms with E-state index in [0.29, 0.717) is 10.6 Å². The second kappa shape index (κ2) is 5.49. The summed E-state index contributed by atoms with van der Waals surface area (Å²) in [6.07, 6.45) is 1.18. The lowest BCUT2D eigenvalue weighted by molar-refractivity contribution is 0.0696. The summed E-state index contributed by atoms with van der Waals surface area (Å²) in [5.74, 6) is -0.636. The van der Waals surface area contributed by atoms with Gasteiger partial charge in [0.1, 0.15) is 16.4 Å². The van der Waals surface area contributed by atoms with Gasteiger partial charge in [-0.25, -0.2) is 9.78 Å². The molecule has 0 aliphatic rings. The molecule has 0 saturated carbocycles.